The maximum atomic E-state index is 13.5. The molecule has 0 bridgehead atoms. The summed E-state index contributed by atoms with van der Waals surface area (Å²) in [5, 5.41) is 9.86. The van der Waals surface area contributed by atoms with E-state index in [0.29, 0.717) is 58.6 Å². The summed E-state index contributed by atoms with van der Waals surface area (Å²) in [5.74, 6) is 2.53. The molecular formula is C48H59N10O5P. The number of ether oxygens (including phenoxy) is 2. The third kappa shape index (κ3) is 9.72. The van der Waals surface area contributed by atoms with Crippen molar-refractivity contribution in [1.82, 2.24) is 35.1 Å². The van der Waals surface area contributed by atoms with Crippen LogP contribution < -0.4 is 35.6 Å². The number of methoxy groups -OCH3 is 1. The molecule has 4 fully saturated rings. The molecule has 0 spiro atoms. The molecule has 16 heteroatoms. The maximum absolute atomic E-state index is 13.5. The summed E-state index contributed by atoms with van der Waals surface area (Å²) in [5.41, 5.74) is 6.16. The molecule has 3 saturated heterocycles. The average molecular weight is 887 g/mol. The summed E-state index contributed by atoms with van der Waals surface area (Å²) < 4.78 is 25.7. The zero-order chi connectivity index (χ0) is 44.4. The van der Waals surface area contributed by atoms with Gasteiger partial charge in [0.1, 0.15) is 30.0 Å². The van der Waals surface area contributed by atoms with Crippen LogP contribution >= 0.6 is 7.14 Å². The van der Waals surface area contributed by atoms with Crippen molar-refractivity contribution in [2.24, 2.45) is 5.92 Å². The van der Waals surface area contributed by atoms with Gasteiger partial charge in [-0.1, -0.05) is 19.1 Å². The zero-order valence-electron chi connectivity index (χ0n) is 37.3. The number of carbonyl (C=O) groups is 2. The van der Waals surface area contributed by atoms with E-state index in [1.165, 1.54) is 11.3 Å². The number of carbonyl (C=O) groups excluding carboxylic acids is 2. The van der Waals surface area contributed by atoms with Gasteiger partial charge in [-0.3, -0.25) is 29.8 Å². The minimum Gasteiger partial charge on any atom is -0.494 e. The molecule has 4 aliphatic rings. The van der Waals surface area contributed by atoms with Crippen LogP contribution in [0.1, 0.15) is 62.5 Å². The molecule has 1 saturated carbocycles. The highest BCUT2D eigenvalue weighted by Gasteiger charge is 2.35. The fourth-order valence-corrected chi connectivity index (χ4v) is 11.3. The topological polar surface area (TPSA) is 167 Å². The van der Waals surface area contributed by atoms with E-state index in [1.54, 1.807) is 45.1 Å². The second kappa shape index (κ2) is 18.8. The zero-order valence-corrected chi connectivity index (χ0v) is 38.2. The summed E-state index contributed by atoms with van der Waals surface area (Å²) in [6, 6.07) is 18.3. The summed E-state index contributed by atoms with van der Waals surface area (Å²) in [6.45, 7) is 13.2. The monoisotopic (exact) mass is 886 g/mol. The highest BCUT2D eigenvalue weighted by Crippen LogP contribution is 2.41. The molecule has 64 heavy (non-hydrogen) atoms. The van der Waals surface area contributed by atoms with Crippen molar-refractivity contribution in [1.29, 1.82) is 0 Å². The Morgan fingerprint density at radius 2 is 1.61 bits per heavy atom. The van der Waals surface area contributed by atoms with Gasteiger partial charge in [0.15, 0.2) is 0 Å². The van der Waals surface area contributed by atoms with Gasteiger partial charge >= 0.3 is 0 Å². The van der Waals surface area contributed by atoms with Crippen LogP contribution in [0.25, 0.3) is 11.0 Å². The van der Waals surface area contributed by atoms with E-state index in [0.717, 1.165) is 101 Å². The largest absolute Gasteiger partial charge is 0.494 e. The van der Waals surface area contributed by atoms with E-state index >= 15 is 0 Å². The van der Waals surface area contributed by atoms with Gasteiger partial charge in [0.25, 0.3) is 0 Å². The molecular weight excluding hydrogens is 828 g/mol. The second-order valence-corrected chi connectivity index (χ2v) is 21.1. The van der Waals surface area contributed by atoms with Crippen molar-refractivity contribution in [3.05, 3.63) is 84.3 Å². The Hall–Kier alpha value is -5.63. The number of nitrogens with zero attached hydrogens (tertiary/aromatic N) is 7. The summed E-state index contributed by atoms with van der Waals surface area (Å²) in [4.78, 5) is 49.9. The average Bonchev–Trinajstić information content (AvgIpc) is 3.28. The number of amides is 2. The second-order valence-electron chi connectivity index (χ2n) is 18.0. The summed E-state index contributed by atoms with van der Waals surface area (Å²) >= 11 is 0. The Morgan fingerprint density at radius 3 is 2.33 bits per heavy atom. The van der Waals surface area contributed by atoms with Gasteiger partial charge in [-0.15, -0.1) is 0 Å². The number of nitrogens with one attached hydrogen (secondary N) is 3. The first-order valence-electron chi connectivity index (χ1n) is 22.7. The van der Waals surface area contributed by atoms with Crippen molar-refractivity contribution in [2.75, 3.05) is 81.8 Å². The van der Waals surface area contributed by atoms with Gasteiger partial charge in [0.05, 0.1) is 41.3 Å². The lowest BCUT2D eigenvalue weighted by molar-refractivity contribution is -0.134. The first-order valence-corrected chi connectivity index (χ1v) is 25.3. The number of piperazine rings is 1. The normalized spacial score (nSPS) is 21.3. The highest BCUT2D eigenvalue weighted by atomic mass is 31.2. The molecule has 336 valence electrons. The molecule has 1 atom stereocenters. The summed E-state index contributed by atoms with van der Waals surface area (Å²) in [7, 11) is -1.04. The summed E-state index contributed by atoms with van der Waals surface area (Å²) in [6.07, 6.45) is 11.4. The predicted octanol–water partition coefficient (Wildman–Crippen LogP) is 6.69. The molecule has 3 aliphatic heterocycles. The third-order valence-electron chi connectivity index (χ3n) is 13.4. The van der Waals surface area contributed by atoms with Crippen LogP contribution in [0.4, 0.5) is 28.8 Å². The Kier molecular flexibility index (Phi) is 12.8. The van der Waals surface area contributed by atoms with Crippen molar-refractivity contribution in [3.63, 3.8) is 0 Å². The number of fused-ring (bicyclic) bond motifs is 1. The maximum Gasteiger partial charge on any atom is 0.234 e. The van der Waals surface area contributed by atoms with Gasteiger partial charge in [-0.25, -0.2) is 4.98 Å². The number of hydrogen-bond donors (Lipinski definition) is 3. The minimum atomic E-state index is -2.74. The Labute approximate surface area is 375 Å². The molecule has 2 amide bonds. The Bertz CT molecular complexity index is 2530. The minimum absolute atomic E-state index is 0.190. The molecule has 5 aromatic rings. The smallest absolute Gasteiger partial charge is 0.234 e. The lowest BCUT2D eigenvalue weighted by atomic mass is 9.81. The number of benzene rings is 3. The van der Waals surface area contributed by atoms with Gasteiger partial charge in [0, 0.05) is 88.6 Å². The van der Waals surface area contributed by atoms with Crippen molar-refractivity contribution in [2.45, 2.75) is 69.9 Å². The van der Waals surface area contributed by atoms with Gasteiger partial charge in [-0.05, 0) is 105 Å². The molecule has 1 aliphatic carbocycles. The van der Waals surface area contributed by atoms with Crippen molar-refractivity contribution in [3.8, 4) is 11.5 Å². The Balaban J connectivity index is 0.746. The SMILES string of the molecule is CCc1cc(Nc2nccc(Nc3ccc4nccnc4c3P(C)(C)=O)n2)c(OC)cc1N1CCC(N2CCN(CC3CC(Oc4ccc(C5CCC(=O)NC5=O)cc4)C3)CC2)CC1. The third-order valence-corrected chi connectivity index (χ3v) is 14.9. The van der Waals surface area contributed by atoms with E-state index in [4.69, 9.17) is 14.5 Å². The van der Waals surface area contributed by atoms with Crippen molar-refractivity contribution < 1.29 is 23.6 Å². The molecule has 3 aromatic carbocycles. The number of hydrogen-bond acceptors (Lipinski definition) is 14. The first-order chi connectivity index (χ1) is 31.0. The van der Waals surface area contributed by atoms with Gasteiger partial charge in [-0.2, -0.15) is 4.98 Å². The van der Waals surface area contributed by atoms with E-state index < -0.39 is 7.14 Å². The van der Waals surface area contributed by atoms with Crippen LogP contribution in [0.15, 0.2) is 73.2 Å². The number of imide groups is 1. The molecule has 1 unspecified atom stereocenters. The molecule has 3 N–H and O–H groups in total. The quantitative estimate of drug-likeness (QED) is 0.0797. The first kappa shape index (κ1) is 43.6. The number of piperidine rings is 2. The van der Waals surface area contributed by atoms with E-state index in [1.807, 2.05) is 36.4 Å². The number of aromatic nitrogens is 4. The number of rotatable bonds is 14. The molecule has 2 aromatic heterocycles. The molecule has 0 radical (unpaired) electrons. The lowest BCUT2D eigenvalue weighted by Gasteiger charge is -2.45. The fourth-order valence-electron chi connectivity index (χ4n) is 9.92. The predicted molar refractivity (Wildman–Crippen MR) is 252 cm³/mol. The molecule has 9 rings (SSSR count). The van der Waals surface area contributed by atoms with Crippen LogP contribution in [-0.4, -0.2) is 120 Å². The number of anilines is 5. The number of aryl methyl sites for hydroxylation is 1. The Morgan fingerprint density at radius 1 is 0.844 bits per heavy atom. The van der Waals surface area contributed by atoms with E-state index in [2.05, 4.69) is 64.7 Å². The van der Waals surface area contributed by atoms with Crippen LogP contribution in [0.5, 0.6) is 11.5 Å². The van der Waals surface area contributed by atoms with Gasteiger partial charge < -0.3 is 34.5 Å². The van der Waals surface area contributed by atoms with Crippen LogP contribution in [0, 0.1) is 5.92 Å². The molecule has 15 nitrogen and oxygen atoms in total. The standard InChI is InChI=1S/C48H59N10O5P/c1-5-32-28-40(53-48-51-17-14-43(54-48)52-39-12-11-38-45(50-19-18-49-38)46(39)64(3,4)61)42(62-2)29-41(32)58-20-15-34(16-21-58)57-24-22-56(23-25-57)30-31-26-36(27-31)63-35-8-6-33(7-9-35)37-10-13-44(59)55-47(37)60/h6-9,11-12,14,17-19,28-29,31,34,36-37H,5,10,13,15-16,20-27,30H2,1-4H3,(H,55,59,60)(H2,51,52,53,54). The van der Waals surface area contributed by atoms with Crippen LogP contribution in [0.2, 0.25) is 0 Å². The van der Waals surface area contributed by atoms with Crippen LogP contribution in [0.3, 0.4) is 0 Å². The van der Waals surface area contributed by atoms with Crippen LogP contribution in [-0.2, 0) is 20.6 Å². The van der Waals surface area contributed by atoms with Gasteiger partial charge in [0.2, 0.25) is 17.8 Å². The van der Waals surface area contributed by atoms with E-state index in [-0.39, 0.29) is 23.8 Å². The van der Waals surface area contributed by atoms with Crippen molar-refractivity contribution >= 4 is 64.1 Å². The molecule has 5 heterocycles. The highest BCUT2D eigenvalue weighted by molar-refractivity contribution is 7.71. The lowest BCUT2D eigenvalue weighted by Crippen LogP contribution is -2.54. The fraction of sp³-hybridized carbons (Fsp3) is 0.458. The van der Waals surface area contributed by atoms with E-state index in [9.17, 15) is 14.2 Å².